The predicted molar refractivity (Wildman–Crippen MR) is 150 cm³/mol. The monoisotopic (exact) mass is 544 g/mol. The third-order valence-electron chi connectivity index (χ3n) is 6.66. The Morgan fingerprint density at radius 1 is 1.00 bits per heavy atom. The van der Waals surface area contributed by atoms with Gasteiger partial charge in [-0.1, -0.05) is 17.7 Å². The maximum Gasteiger partial charge on any atom is 0.326 e. The van der Waals surface area contributed by atoms with E-state index >= 15 is 0 Å². The molecule has 0 fully saturated rings. The van der Waals surface area contributed by atoms with E-state index in [4.69, 9.17) is 14.2 Å². The van der Waals surface area contributed by atoms with Gasteiger partial charge >= 0.3 is 6.03 Å². The summed E-state index contributed by atoms with van der Waals surface area (Å²) in [5.41, 5.74) is 3.86. The summed E-state index contributed by atoms with van der Waals surface area (Å²) in [7, 11) is 3.06. The van der Waals surface area contributed by atoms with Gasteiger partial charge in [-0.05, 0) is 55.7 Å². The van der Waals surface area contributed by atoms with Crippen molar-refractivity contribution in [3.05, 3.63) is 77.7 Å². The summed E-state index contributed by atoms with van der Waals surface area (Å²) in [6.07, 6.45) is 3.45. The number of aryl methyl sites for hydroxylation is 2. The normalized spacial score (nSPS) is 12.4. The number of nitrogens with one attached hydrogen (secondary N) is 2. The zero-order valence-corrected chi connectivity index (χ0v) is 22.4. The first-order valence-electron chi connectivity index (χ1n) is 12.8. The lowest BCUT2D eigenvalue weighted by Gasteiger charge is -2.30. The molecule has 9 nitrogen and oxygen atoms in total. The van der Waals surface area contributed by atoms with Gasteiger partial charge in [0.25, 0.3) is 0 Å². The Hall–Kier alpha value is -4.86. The number of carbonyl (C=O) groups is 2. The van der Waals surface area contributed by atoms with E-state index in [-0.39, 0.29) is 18.0 Å². The van der Waals surface area contributed by atoms with Crippen LogP contribution in [0, 0.1) is 12.7 Å². The molecular weight excluding hydrogens is 515 g/mol. The van der Waals surface area contributed by atoms with E-state index < -0.39 is 17.8 Å². The van der Waals surface area contributed by atoms with Crippen molar-refractivity contribution in [2.45, 2.75) is 19.8 Å². The van der Waals surface area contributed by atoms with Gasteiger partial charge in [0.05, 0.1) is 32.0 Å². The minimum absolute atomic E-state index is 0.0231. The predicted octanol–water partition coefficient (Wildman–Crippen LogP) is 5.59. The Morgan fingerprint density at radius 3 is 2.58 bits per heavy atom. The minimum atomic E-state index is -0.820. The number of benzene rings is 3. The molecule has 206 valence electrons. The topological polar surface area (TPSA) is 102 Å². The summed E-state index contributed by atoms with van der Waals surface area (Å²) in [6.45, 7) is 2.77. The number of aromatic nitrogens is 1. The average molecular weight is 545 g/mol. The highest BCUT2D eigenvalue weighted by molar-refractivity contribution is 6.02. The fourth-order valence-electron chi connectivity index (χ4n) is 4.79. The summed E-state index contributed by atoms with van der Waals surface area (Å²) >= 11 is 0. The molecule has 0 unspecified atom stereocenters. The van der Waals surface area contributed by atoms with Gasteiger partial charge in [0.1, 0.15) is 17.3 Å². The summed E-state index contributed by atoms with van der Waals surface area (Å²) in [5, 5.41) is 5.32. The number of nitrogens with zero attached hydrogens (tertiary/aromatic N) is 2. The summed E-state index contributed by atoms with van der Waals surface area (Å²) in [4.78, 5) is 31.3. The Labute approximate surface area is 230 Å². The number of ether oxygens (including phenoxy) is 3. The van der Waals surface area contributed by atoms with Crippen LogP contribution in [-0.2, 0) is 11.2 Å². The molecule has 0 spiro atoms. The van der Waals surface area contributed by atoms with E-state index in [0.717, 1.165) is 30.2 Å². The number of hydrogen-bond donors (Lipinski definition) is 2. The molecule has 0 bridgehead atoms. The van der Waals surface area contributed by atoms with Crippen LogP contribution in [0.2, 0.25) is 0 Å². The van der Waals surface area contributed by atoms with E-state index in [1.807, 2.05) is 24.0 Å². The van der Waals surface area contributed by atoms with Crippen molar-refractivity contribution < 1.29 is 28.2 Å². The lowest BCUT2D eigenvalue weighted by atomic mass is 9.99. The van der Waals surface area contributed by atoms with Crippen molar-refractivity contribution in [1.82, 2.24) is 10.3 Å². The largest absolute Gasteiger partial charge is 0.493 e. The van der Waals surface area contributed by atoms with Gasteiger partial charge in [-0.15, -0.1) is 0 Å². The fraction of sp³-hybridized carbons (Fsp3) is 0.233. The third-order valence-corrected chi connectivity index (χ3v) is 6.66. The molecular formula is C30H29FN4O5. The highest BCUT2D eigenvalue weighted by Gasteiger charge is 2.21. The molecule has 0 aliphatic carbocycles. The maximum absolute atomic E-state index is 14.9. The number of pyridine rings is 1. The van der Waals surface area contributed by atoms with Crippen LogP contribution < -0.4 is 29.7 Å². The maximum atomic E-state index is 14.9. The fourth-order valence-corrected chi connectivity index (χ4v) is 4.79. The Kier molecular flexibility index (Phi) is 7.68. The van der Waals surface area contributed by atoms with Gasteiger partial charge in [0.15, 0.2) is 11.5 Å². The molecule has 0 radical (unpaired) electrons. The van der Waals surface area contributed by atoms with Crippen LogP contribution in [0.1, 0.15) is 17.5 Å². The van der Waals surface area contributed by atoms with Gasteiger partial charge < -0.3 is 24.4 Å². The Balaban J connectivity index is 1.23. The number of carbonyl (C=O) groups excluding carboxylic acids is 2. The second-order valence-electron chi connectivity index (χ2n) is 9.44. The Bertz CT molecular complexity index is 1590. The molecule has 40 heavy (non-hydrogen) atoms. The van der Waals surface area contributed by atoms with Crippen LogP contribution in [0.4, 0.5) is 20.6 Å². The van der Waals surface area contributed by atoms with E-state index in [0.29, 0.717) is 34.7 Å². The zero-order chi connectivity index (χ0) is 28.2. The molecule has 1 aliphatic rings. The molecule has 1 aromatic heterocycles. The van der Waals surface area contributed by atoms with E-state index in [2.05, 4.69) is 21.7 Å². The lowest BCUT2D eigenvalue weighted by Crippen LogP contribution is -2.43. The molecule has 0 saturated heterocycles. The van der Waals surface area contributed by atoms with Crippen molar-refractivity contribution in [2.24, 2.45) is 0 Å². The molecule has 1 aliphatic heterocycles. The van der Waals surface area contributed by atoms with Crippen molar-refractivity contribution in [2.75, 3.05) is 37.5 Å². The molecule has 3 aromatic carbocycles. The molecule has 2 heterocycles. The van der Waals surface area contributed by atoms with Crippen molar-refractivity contribution in [1.29, 1.82) is 0 Å². The number of methoxy groups -OCH3 is 2. The standard InChI is InChI=1S/C30H29FN4O5/c1-18-6-9-25-19(13-18)5-4-12-35(25)17-29(36)34-30(37)33-23-8-7-20(14-22(23)31)40-26-10-11-32-24-16-28(39-3)27(38-2)15-21(24)26/h6-11,13-16H,4-5,12,17H2,1-3H3,(H2,33,34,36,37). The van der Waals surface area contributed by atoms with Crippen molar-refractivity contribution >= 4 is 34.2 Å². The number of anilines is 2. The van der Waals surface area contributed by atoms with Gasteiger partial charge in [0.2, 0.25) is 5.91 Å². The second-order valence-corrected chi connectivity index (χ2v) is 9.44. The van der Waals surface area contributed by atoms with Crippen molar-refractivity contribution in [3.63, 3.8) is 0 Å². The molecule has 4 aromatic rings. The summed E-state index contributed by atoms with van der Waals surface area (Å²) in [5.74, 6) is 0.457. The number of fused-ring (bicyclic) bond motifs is 2. The average Bonchev–Trinajstić information content (AvgIpc) is 2.93. The first-order valence-corrected chi connectivity index (χ1v) is 12.8. The molecule has 0 saturated carbocycles. The van der Waals surface area contributed by atoms with Crippen LogP contribution in [0.15, 0.2) is 60.8 Å². The minimum Gasteiger partial charge on any atom is -0.493 e. The number of hydrogen-bond acceptors (Lipinski definition) is 7. The number of urea groups is 1. The number of amides is 3. The first kappa shape index (κ1) is 26.7. The summed E-state index contributed by atoms with van der Waals surface area (Å²) < 4.78 is 31.5. The SMILES string of the molecule is COc1cc2nccc(Oc3ccc(NC(=O)NC(=O)CN4CCCc5cc(C)ccc54)c(F)c3)c2cc1OC. The molecule has 10 heteroatoms. The highest BCUT2D eigenvalue weighted by atomic mass is 19.1. The van der Waals surface area contributed by atoms with Gasteiger partial charge in [0, 0.05) is 35.9 Å². The third kappa shape index (κ3) is 5.75. The van der Waals surface area contributed by atoms with Crippen LogP contribution >= 0.6 is 0 Å². The number of rotatable bonds is 7. The van der Waals surface area contributed by atoms with E-state index in [9.17, 15) is 14.0 Å². The smallest absolute Gasteiger partial charge is 0.326 e. The van der Waals surface area contributed by atoms with Crippen LogP contribution in [0.3, 0.4) is 0 Å². The molecule has 0 atom stereocenters. The van der Waals surface area contributed by atoms with E-state index in [1.165, 1.54) is 31.9 Å². The Morgan fingerprint density at radius 2 is 1.80 bits per heavy atom. The molecule has 3 amide bonds. The van der Waals surface area contributed by atoms with Crippen LogP contribution in [0.5, 0.6) is 23.0 Å². The number of imide groups is 1. The van der Waals surface area contributed by atoms with E-state index in [1.54, 1.807) is 24.4 Å². The first-order chi connectivity index (χ1) is 19.3. The van der Waals surface area contributed by atoms with Gasteiger partial charge in [-0.2, -0.15) is 0 Å². The lowest BCUT2D eigenvalue weighted by molar-refractivity contribution is -0.118. The number of halogens is 1. The van der Waals surface area contributed by atoms with Crippen LogP contribution in [-0.4, -0.2) is 44.2 Å². The summed E-state index contributed by atoms with van der Waals surface area (Å²) in [6, 6.07) is 14.4. The quantitative estimate of drug-likeness (QED) is 0.313. The zero-order valence-electron chi connectivity index (χ0n) is 22.4. The van der Waals surface area contributed by atoms with Gasteiger partial charge in [-0.25, -0.2) is 9.18 Å². The van der Waals surface area contributed by atoms with Crippen molar-refractivity contribution in [3.8, 4) is 23.0 Å². The molecule has 5 rings (SSSR count). The van der Waals surface area contributed by atoms with Crippen LogP contribution in [0.25, 0.3) is 10.9 Å². The molecule has 2 N–H and O–H groups in total. The van der Waals surface area contributed by atoms with Gasteiger partial charge in [-0.3, -0.25) is 15.1 Å². The highest BCUT2D eigenvalue weighted by Crippen LogP contribution is 2.37. The second kappa shape index (κ2) is 11.5.